The molecule has 0 radical (unpaired) electrons. The number of fused-ring (bicyclic) bond motifs is 4. The Labute approximate surface area is 212 Å². The number of carbonyl (C=O) groups is 4. The molecular weight excluding hydrogens is 489 g/mol. The lowest BCUT2D eigenvalue weighted by molar-refractivity contribution is -0.156. The first-order chi connectivity index (χ1) is 17.1. The van der Waals surface area contributed by atoms with Gasteiger partial charge >= 0.3 is 5.97 Å². The van der Waals surface area contributed by atoms with Gasteiger partial charge < -0.3 is 20.3 Å². The number of rotatable bonds is 6. The van der Waals surface area contributed by atoms with E-state index in [2.05, 4.69) is 10.6 Å². The lowest BCUT2D eigenvalue weighted by Gasteiger charge is -2.51. The van der Waals surface area contributed by atoms with Gasteiger partial charge in [-0.15, -0.1) is 0 Å². The van der Waals surface area contributed by atoms with Gasteiger partial charge in [-0.2, -0.15) is 0 Å². The molecule has 0 atom stereocenters. The highest BCUT2D eigenvalue weighted by atomic mass is 35.5. The molecule has 3 N–H and O–H groups in total. The highest BCUT2D eigenvalue weighted by Gasteiger charge is 2.53. The number of anilines is 1. The summed E-state index contributed by atoms with van der Waals surface area (Å²) in [6.07, 6.45) is 4.08. The van der Waals surface area contributed by atoms with E-state index in [9.17, 15) is 28.7 Å². The number of Topliss-reactive ketones (excluding diaryl/α,β-unsaturated/α-hetero) is 1. The fourth-order valence-electron chi connectivity index (χ4n) is 5.96. The minimum absolute atomic E-state index is 0.0233. The van der Waals surface area contributed by atoms with Crippen molar-refractivity contribution in [2.45, 2.75) is 70.4 Å². The Morgan fingerprint density at radius 2 is 1.75 bits per heavy atom. The molecule has 2 heterocycles. The smallest absolute Gasteiger partial charge is 0.309 e. The molecule has 6 rings (SSSR count). The number of carbonyl (C=O) groups excluding carboxylic acids is 3. The van der Waals surface area contributed by atoms with E-state index < -0.39 is 40.3 Å². The second kappa shape index (κ2) is 8.73. The molecule has 0 unspecified atom stereocenters. The molecule has 36 heavy (non-hydrogen) atoms. The molecule has 3 fully saturated rings. The number of hydrogen-bond acceptors (Lipinski definition) is 4. The van der Waals surface area contributed by atoms with Crippen LogP contribution in [-0.4, -0.2) is 38.8 Å². The van der Waals surface area contributed by atoms with Gasteiger partial charge in [-0.1, -0.05) is 17.7 Å². The summed E-state index contributed by atoms with van der Waals surface area (Å²) < 4.78 is 15.6. The van der Waals surface area contributed by atoms with Gasteiger partial charge in [0.25, 0.3) is 17.6 Å². The van der Waals surface area contributed by atoms with E-state index in [-0.39, 0.29) is 22.0 Å². The van der Waals surface area contributed by atoms with Crippen molar-refractivity contribution in [3.63, 3.8) is 0 Å². The first-order valence-corrected chi connectivity index (χ1v) is 12.5. The molecule has 190 valence electrons. The van der Waals surface area contributed by atoms with Gasteiger partial charge in [-0.3, -0.25) is 19.2 Å². The summed E-state index contributed by atoms with van der Waals surface area (Å²) in [5.74, 6) is -3.46. The van der Waals surface area contributed by atoms with Crippen molar-refractivity contribution in [3.8, 4) is 0 Å². The molecule has 3 aliphatic carbocycles. The standard InChI is InChI=1S/C26H27ClFN3O5/c1-14-4-5-15(13-16(14)28)29-22(33)18-17-3-2-12-31(17)20(19(18)27)21(32)23(34)30-26-9-6-25(7-10-26,8-11-26)24(35)36/h4-5,13H,2-3,6-12H2,1H3,(H,29,33)(H,30,34)(H,35,36). The van der Waals surface area contributed by atoms with E-state index in [1.54, 1.807) is 23.6 Å². The van der Waals surface area contributed by atoms with Crippen molar-refractivity contribution in [1.82, 2.24) is 9.88 Å². The maximum atomic E-state index is 13.9. The van der Waals surface area contributed by atoms with Gasteiger partial charge in [0, 0.05) is 23.5 Å². The third-order valence-corrected chi connectivity index (χ3v) is 8.63. The zero-order valence-electron chi connectivity index (χ0n) is 19.9. The van der Waals surface area contributed by atoms with Crippen LogP contribution < -0.4 is 10.6 Å². The number of hydrogen-bond donors (Lipinski definition) is 3. The molecule has 4 aliphatic rings. The van der Waals surface area contributed by atoms with Crippen molar-refractivity contribution < 1.29 is 28.7 Å². The Morgan fingerprint density at radius 3 is 2.36 bits per heavy atom. The molecule has 8 nitrogen and oxygen atoms in total. The Morgan fingerprint density at radius 1 is 1.08 bits per heavy atom. The molecule has 2 amide bonds. The summed E-state index contributed by atoms with van der Waals surface area (Å²) in [5.41, 5.74) is 0.0292. The van der Waals surface area contributed by atoms with Crippen molar-refractivity contribution in [1.29, 1.82) is 0 Å². The van der Waals surface area contributed by atoms with Crippen LogP contribution in [0.15, 0.2) is 18.2 Å². The van der Waals surface area contributed by atoms with Gasteiger partial charge in [-0.25, -0.2) is 4.39 Å². The number of amides is 2. The number of nitrogens with zero attached hydrogens (tertiary/aromatic N) is 1. The first kappa shape index (κ1) is 24.5. The molecule has 1 aromatic heterocycles. The summed E-state index contributed by atoms with van der Waals surface area (Å²) in [6, 6.07) is 4.34. The van der Waals surface area contributed by atoms with Crippen molar-refractivity contribution in [2.24, 2.45) is 5.41 Å². The minimum Gasteiger partial charge on any atom is -0.481 e. The predicted octanol–water partition coefficient (Wildman–Crippen LogP) is 4.26. The molecule has 0 spiro atoms. The van der Waals surface area contributed by atoms with Crippen LogP contribution in [0, 0.1) is 18.2 Å². The number of benzene rings is 1. The largest absolute Gasteiger partial charge is 0.481 e. The first-order valence-electron chi connectivity index (χ1n) is 12.1. The van der Waals surface area contributed by atoms with Crippen molar-refractivity contribution >= 4 is 40.9 Å². The second-order valence-corrected chi connectivity index (χ2v) is 10.7. The quantitative estimate of drug-likeness (QED) is 0.392. The van der Waals surface area contributed by atoms with E-state index in [1.165, 1.54) is 6.07 Å². The molecule has 2 aromatic rings. The summed E-state index contributed by atoms with van der Waals surface area (Å²) >= 11 is 6.55. The molecule has 0 saturated heterocycles. The Hall–Kier alpha value is -3.20. The van der Waals surface area contributed by atoms with Crippen molar-refractivity contribution in [3.05, 3.63) is 51.6 Å². The fourth-order valence-corrected chi connectivity index (χ4v) is 6.34. The van der Waals surface area contributed by atoms with E-state index in [0.717, 1.165) is 0 Å². The summed E-state index contributed by atoms with van der Waals surface area (Å²) in [5, 5.41) is 15.0. The summed E-state index contributed by atoms with van der Waals surface area (Å²) in [7, 11) is 0. The Kier molecular flexibility index (Phi) is 5.94. The summed E-state index contributed by atoms with van der Waals surface area (Å²) in [6.45, 7) is 2.06. The molecule has 1 aromatic carbocycles. The average Bonchev–Trinajstić information content (AvgIpc) is 3.41. The van der Waals surface area contributed by atoms with Crippen LogP contribution in [0.4, 0.5) is 10.1 Å². The second-order valence-electron chi connectivity index (χ2n) is 10.3. The van der Waals surface area contributed by atoms with Crippen LogP contribution in [0.3, 0.4) is 0 Å². The highest BCUT2D eigenvalue weighted by Crippen LogP contribution is 2.52. The van der Waals surface area contributed by atoms with E-state index in [0.29, 0.717) is 69.2 Å². The lowest BCUT2D eigenvalue weighted by Crippen LogP contribution is -2.59. The van der Waals surface area contributed by atoms with Crippen LogP contribution in [0.25, 0.3) is 0 Å². The minimum atomic E-state index is -0.821. The van der Waals surface area contributed by atoms with Gasteiger partial charge in [0.1, 0.15) is 11.5 Å². The van der Waals surface area contributed by atoms with Crippen molar-refractivity contribution in [2.75, 3.05) is 5.32 Å². The number of ketones is 1. The number of aliphatic carboxylic acids is 1. The number of nitrogens with one attached hydrogen (secondary N) is 2. The Bertz CT molecular complexity index is 1290. The van der Waals surface area contributed by atoms with E-state index in [1.807, 2.05) is 0 Å². The molecule has 1 aliphatic heterocycles. The average molecular weight is 516 g/mol. The Balaban J connectivity index is 1.37. The van der Waals surface area contributed by atoms with Gasteiger partial charge in [0.2, 0.25) is 0 Å². The number of carboxylic acids is 1. The van der Waals surface area contributed by atoms with Crippen LogP contribution >= 0.6 is 11.6 Å². The third kappa shape index (κ3) is 3.89. The zero-order valence-corrected chi connectivity index (χ0v) is 20.6. The SMILES string of the molecule is Cc1ccc(NC(=O)c2c(Cl)c(C(=O)C(=O)NC34CCC(C(=O)O)(CC3)CC4)n3c2CCC3)cc1F. The van der Waals surface area contributed by atoms with Crippen LogP contribution in [0.2, 0.25) is 5.02 Å². The predicted molar refractivity (Wildman–Crippen MR) is 130 cm³/mol. The number of aromatic nitrogens is 1. The zero-order chi connectivity index (χ0) is 25.8. The number of carboxylic acid groups (broad SMARTS) is 1. The van der Waals surface area contributed by atoms with Crippen LogP contribution in [0.5, 0.6) is 0 Å². The molecule has 10 heteroatoms. The maximum absolute atomic E-state index is 13.9. The van der Waals surface area contributed by atoms with Crippen LogP contribution in [-0.2, 0) is 22.6 Å². The number of halogens is 2. The third-order valence-electron chi connectivity index (χ3n) is 8.26. The molecular formula is C26H27ClFN3O5. The fraction of sp³-hybridized carbons (Fsp3) is 0.462. The molecule has 3 saturated carbocycles. The lowest BCUT2D eigenvalue weighted by atomic mass is 9.57. The van der Waals surface area contributed by atoms with E-state index in [4.69, 9.17) is 11.6 Å². The summed E-state index contributed by atoms with van der Waals surface area (Å²) in [4.78, 5) is 51.2. The topological polar surface area (TPSA) is 118 Å². The van der Waals surface area contributed by atoms with E-state index >= 15 is 0 Å². The normalized spacial score (nSPS) is 24.3. The van der Waals surface area contributed by atoms with Crippen LogP contribution in [0.1, 0.15) is 77.0 Å². The highest BCUT2D eigenvalue weighted by molar-refractivity contribution is 6.48. The van der Waals surface area contributed by atoms with Gasteiger partial charge in [0.15, 0.2) is 0 Å². The maximum Gasteiger partial charge on any atom is 0.309 e. The van der Waals surface area contributed by atoms with Gasteiger partial charge in [0.05, 0.1) is 16.0 Å². The monoisotopic (exact) mass is 515 g/mol. The molecule has 2 bridgehead atoms. The number of aryl methyl sites for hydroxylation is 1. The van der Waals surface area contributed by atoms with Gasteiger partial charge in [-0.05, 0) is 76.0 Å².